The molecule has 0 saturated carbocycles. The fourth-order valence-electron chi connectivity index (χ4n) is 2.77. The molecule has 1 aromatic rings. The van der Waals surface area contributed by atoms with Crippen molar-refractivity contribution >= 4 is 21.7 Å². The Kier molecular flexibility index (Phi) is 5.22. The number of rotatable bonds is 4. The fraction of sp³-hybridized carbons (Fsp3) is 0.467. The van der Waals surface area contributed by atoms with Crippen LogP contribution in [0, 0.1) is 11.8 Å². The number of carbonyl (C=O) groups is 2. The molecule has 1 fully saturated rings. The molecule has 1 amide bonds. The number of amides is 1. The van der Waals surface area contributed by atoms with Crippen LogP contribution in [0.1, 0.15) is 23.7 Å². The molecule has 0 bridgehead atoms. The lowest BCUT2D eigenvalue weighted by molar-refractivity contribution is -0.143. The molecule has 0 aliphatic carbocycles. The highest BCUT2D eigenvalue weighted by Crippen LogP contribution is 2.24. The third-order valence-electron chi connectivity index (χ3n) is 3.96. The summed E-state index contributed by atoms with van der Waals surface area (Å²) < 4.78 is 47.7. The van der Waals surface area contributed by atoms with Gasteiger partial charge in [-0.2, -0.15) is 8.78 Å². The zero-order chi connectivity index (χ0) is 18.1. The average Bonchev–Trinajstić information content (AvgIpc) is 2.53. The molecule has 1 saturated heterocycles. The van der Waals surface area contributed by atoms with E-state index in [2.05, 4.69) is 0 Å². The second-order valence-corrected chi connectivity index (χ2v) is 7.83. The lowest BCUT2D eigenvalue weighted by atomic mass is 9.90. The largest absolute Gasteiger partial charge is 0.481 e. The normalized spacial score (nSPS) is 21.8. The maximum absolute atomic E-state index is 12.5. The molecule has 132 valence electrons. The number of nitrogens with zero attached hydrogens (tertiary/aromatic N) is 1. The summed E-state index contributed by atoms with van der Waals surface area (Å²) in [7, 11) is -4.71. The quantitative estimate of drug-likeness (QED) is 0.884. The smallest absolute Gasteiger partial charge is 0.341 e. The zero-order valence-electron chi connectivity index (χ0n) is 12.9. The number of hydrogen-bond donors (Lipinski definition) is 1. The number of carbonyl (C=O) groups excluding carboxylic acids is 1. The van der Waals surface area contributed by atoms with Crippen molar-refractivity contribution in [3.63, 3.8) is 0 Å². The van der Waals surface area contributed by atoms with E-state index in [9.17, 15) is 26.8 Å². The van der Waals surface area contributed by atoms with Crippen LogP contribution in [0.5, 0.6) is 0 Å². The molecule has 0 radical (unpaired) electrons. The van der Waals surface area contributed by atoms with Gasteiger partial charge in [0.25, 0.3) is 5.91 Å². The predicted molar refractivity (Wildman–Crippen MR) is 80.4 cm³/mol. The summed E-state index contributed by atoms with van der Waals surface area (Å²) in [4.78, 5) is 24.4. The fourth-order valence-corrected chi connectivity index (χ4v) is 3.49. The van der Waals surface area contributed by atoms with E-state index < -0.39 is 38.3 Å². The van der Waals surface area contributed by atoms with Gasteiger partial charge < -0.3 is 10.0 Å². The molecular weight excluding hydrogens is 344 g/mol. The highest BCUT2D eigenvalue weighted by atomic mass is 32.2. The van der Waals surface area contributed by atoms with Crippen molar-refractivity contribution in [2.45, 2.75) is 24.0 Å². The summed E-state index contributed by atoms with van der Waals surface area (Å²) in [5.41, 5.74) is 0.126. The molecular formula is C15H17F2NO5S. The van der Waals surface area contributed by atoms with Crippen LogP contribution in [0.25, 0.3) is 0 Å². The van der Waals surface area contributed by atoms with Crippen molar-refractivity contribution in [2.24, 2.45) is 11.8 Å². The van der Waals surface area contributed by atoms with Crippen molar-refractivity contribution in [3.05, 3.63) is 29.8 Å². The average molecular weight is 361 g/mol. The monoisotopic (exact) mass is 361 g/mol. The van der Waals surface area contributed by atoms with Crippen molar-refractivity contribution < 1.29 is 31.9 Å². The zero-order valence-corrected chi connectivity index (χ0v) is 13.7. The summed E-state index contributed by atoms with van der Waals surface area (Å²) in [5, 5.41) is 9.13. The Morgan fingerprint density at radius 2 is 1.79 bits per heavy atom. The molecule has 1 aromatic carbocycles. The van der Waals surface area contributed by atoms with E-state index in [1.54, 1.807) is 0 Å². The number of hydrogen-bond acceptors (Lipinski definition) is 4. The number of alkyl halides is 2. The molecule has 0 aromatic heterocycles. The molecule has 1 aliphatic heterocycles. The van der Waals surface area contributed by atoms with Crippen molar-refractivity contribution in [1.82, 2.24) is 4.90 Å². The van der Waals surface area contributed by atoms with Gasteiger partial charge in [-0.05, 0) is 36.6 Å². The molecule has 24 heavy (non-hydrogen) atoms. The van der Waals surface area contributed by atoms with Gasteiger partial charge in [0.05, 0.1) is 10.8 Å². The van der Waals surface area contributed by atoms with Crippen LogP contribution in [0.2, 0.25) is 0 Å². The van der Waals surface area contributed by atoms with Gasteiger partial charge in [0.15, 0.2) is 0 Å². The van der Waals surface area contributed by atoms with E-state index in [1.165, 1.54) is 4.90 Å². The van der Waals surface area contributed by atoms with E-state index in [0.29, 0.717) is 13.0 Å². The minimum Gasteiger partial charge on any atom is -0.481 e. The topological polar surface area (TPSA) is 91.8 Å². The van der Waals surface area contributed by atoms with Crippen LogP contribution in [0.4, 0.5) is 8.78 Å². The summed E-state index contributed by atoms with van der Waals surface area (Å²) in [6.07, 6.45) is 0.477. The van der Waals surface area contributed by atoms with Gasteiger partial charge in [0.1, 0.15) is 0 Å². The molecule has 1 N–H and O–H groups in total. The van der Waals surface area contributed by atoms with Gasteiger partial charge in [0.2, 0.25) is 9.84 Å². The van der Waals surface area contributed by atoms with E-state index in [-0.39, 0.29) is 18.0 Å². The number of halogens is 2. The molecule has 6 nitrogen and oxygen atoms in total. The van der Waals surface area contributed by atoms with Crippen molar-refractivity contribution in [1.29, 1.82) is 0 Å². The standard InChI is InChI=1S/C15H17F2NO5S/c1-9-6-11(14(20)21)8-18(7-9)13(19)10-2-4-12(5-3-10)24(22,23)15(16)17/h2-5,9,11,15H,6-8H2,1H3,(H,20,21). The first-order valence-electron chi connectivity index (χ1n) is 7.27. The minimum absolute atomic E-state index is 0.0160. The number of sulfone groups is 1. The highest BCUT2D eigenvalue weighted by Gasteiger charge is 2.32. The Hall–Kier alpha value is -2.03. The van der Waals surface area contributed by atoms with Crippen LogP contribution in [0.15, 0.2) is 29.2 Å². The first-order chi connectivity index (χ1) is 11.1. The Bertz CT molecular complexity index is 733. The van der Waals surface area contributed by atoms with Crippen LogP contribution in [0.3, 0.4) is 0 Å². The summed E-state index contributed by atoms with van der Waals surface area (Å²) in [5.74, 6) is -5.59. The summed E-state index contributed by atoms with van der Waals surface area (Å²) in [6.45, 7) is 2.29. The maximum Gasteiger partial charge on any atom is 0.341 e. The van der Waals surface area contributed by atoms with Gasteiger partial charge in [-0.3, -0.25) is 9.59 Å². The van der Waals surface area contributed by atoms with Crippen LogP contribution in [-0.4, -0.2) is 49.1 Å². The predicted octanol–water partition coefficient (Wildman–Crippen LogP) is 1.87. The third-order valence-corrected chi connectivity index (χ3v) is 5.36. The first kappa shape index (κ1) is 18.3. The molecule has 9 heteroatoms. The Morgan fingerprint density at radius 1 is 1.21 bits per heavy atom. The summed E-state index contributed by atoms with van der Waals surface area (Å²) >= 11 is 0. The van der Waals surface area contributed by atoms with E-state index in [0.717, 1.165) is 24.3 Å². The lowest BCUT2D eigenvalue weighted by Gasteiger charge is -2.34. The number of benzene rings is 1. The minimum atomic E-state index is -4.71. The highest BCUT2D eigenvalue weighted by molar-refractivity contribution is 7.91. The summed E-state index contributed by atoms with van der Waals surface area (Å²) in [6, 6.07) is 4.23. The maximum atomic E-state index is 12.5. The third kappa shape index (κ3) is 3.72. The van der Waals surface area contributed by atoms with E-state index in [1.807, 2.05) is 6.92 Å². The van der Waals surface area contributed by atoms with Crippen LogP contribution in [-0.2, 0) is 14.6 Å². The Labute approximate surface area is 138 Å². The van der Waals surface area contributed by atoms with Crippen LogP contribution < -0.4 is 0 Å². The molecule has 1 heterocycles. The lowest BCUT2D eigenvalue weighted by Crippen LogP contribution is -2.45. The Balaban J connectivity index is 2.20. The van der Waals surface area contributed by atoms with Gasteiger partial charge in [-0.15, -0.1) is 0 Å². The van der Waals surface area contributed by atoms with Crippen LogP contribution >= 0.6 is 0 Å². The molecule has 2 rings (SSSR count). The molecule has 2 unspecified atom stereocenters. The molecule has 1 aliphatic rings. The molecule has 2 atom stereocenters. The number of carboxylic acid groups (broad SMARTS) is 1. The van der Waals surface area contributed by atoms with Gasteiger partial charge in [-0.25, -0.2) is 8.42 Å². The SMILES string of the molecule is CC1CC(C(=O)O)CN(C(=O)c2ccc(S(=O)(=O)C(F)F)cc2)C1. The van der Waals surface area contributed by atoms with Gasteiger partial charge in [0, 0.05) is 18.7 Å². The Morgan fingerprint density at radius 3 is 2.29 bits per heavy atom. The molecule has 0 spiro atoms. The second-order valence-electron chi connectivity index (χ2n) is 5.92. The number of aliphatic carboxylic acids is 1. The number of carboxylic acids is 1. The van der Waals surface area contributed by atoms with Gasteiger partial charge in [-0.1, -0.05) is 6.92 Å². The van der Waals surface area contributed by atoms with Crippen molar-refractivity contribution in [3.8, 4) is 0 Å². The van der Waals surface area contributed by atoms with Gasteiger partial charge >= 0.3 is 11.7 Å². The second kappa shape index (κ2) is 6.84. The first-order valence-corrected chi connectivity index (χ1v) is 8.81. The number of likely N-dealkylation sites (tertiary alicyclic amines) is 1. The van der Waals surface area contributed by atoms with Crippen molar-refractivity contribution in [2.75, 3.05) is 13.1 Å². The number of piperidine rings is 1. The van der Waals surface area contributed by atoms with E-state index >= 15 is 0 Å². The van der Waals surface area contributed by atoms with E-state index in [4.69, 9.17) is 5.11 Å².